The van der Waals surface area contributed by atoms with Gasteiger partial charge < -0.3 is 19.6 Å². The number of rotatable bonds is 6. The highest BCUT2D eigenvalue weighted by atomic mass is 16.5. The van der Waals surface area contributed by atoms with Crippen LogP contribution >= 0.6 is 0 Å². The van der Waals surface area contributed by atoms with Crippen LogP contribution < -0.4 is 0 Å². The fourth-order valence-corrected chi connectivity index (χ4v) is 2.37. The van der Waals surface area contributed by atoms with Crippen LogP contribution in [0, 0.1) is 0 Å². The lowest BCUT2D eigenvalue weighted by molar-refractivity contribution is -0.137. The van der Waals surface area contributed by atoms with E-state index >= 15 is 0 Å². The summed E-state index contributed by atoms with van der Waals surface area (Å²) in [7, 11) is 3.59. The first kappa shape index (κ1) is 16.7. The lowest BCUT2D eigenvalue weighted by atomic mass is 10.1. The average Bonchev–Trinajstić information content (AvgIpc) is 2.42. The molecule has 1 atom stereocenters. The maximum absolute atomic E-state index is 12.4. The van der Waals surface area contributed by atoms with E-state index in [1.54, 1.807) is 4.90 Å². The number of hydrogen-bond donors (Lipinski definition) is 1. The summed E-state index contributed by atoms with van der Waals surface area (Å²) < 4.78 is 4.94. The fraction of sp³-hybridized carbons (Fsp3) is 0.846. The summed E-state index contributed by atoms with van der Waals surface area (Å²) in [5.74, 6) is -1.00. The molecule has 1 unspecified atom stereocenters. The maximum Gasteiger partial charge on any atom is 0.323 e. The Morgan fingerprint density at radius 3 is 2.65 bits per heavy atom. The third-order valence-corrected chi connectivity index (χ3v) is 3.68. The Morgan fingerprint density at radius 2 is 2.10 bits per heavy atom. The van der Waals surface area contributed by atoms with Crippen LogP contribution in [-0.4, -0.2) is 91.3 Å². The van der Waals surface area contributed by atoms with Crippen molar-refractivity contribution in [3.63, 3.8) is 0 Å². The lowest BCUT2D eigenvalue weighted by Gasteiger charge is -2.40. The van der Waals surface area contributed by atoms with Crippen molar-refractivity contribution in [2.45, 2.75) is 19.4 Å². The minimum Gasteiger partial charge on any atom is -0.480 e. The third kappa shape index (κ3) is 4.64. The Balaban J connectivity index is 2.65. The van der Waals surface area contributed by atoms with Gasteiger partial charge in [0.05, 0.1) is 6.61 Å². The Labute approximate surface area is 120 Å². The Morgan fingerprint density at radius 1 is 1.40 bits per heavy atom. The van der Waals surface area contributed by atoms with Gasteiger partial charge in [0.25, 0.3) is 0 Å². The van der Waals surface area contributed by atoms with Crippen LogP contribution in [0.5, 0.6) is 0 Å². The molecule has 0 aromatic heterocycles. The van der Waals surface area contributed by atoms with Crippen LogP contribution in [-0.2, 0) is 9.53 Å². The first-order valence-corrected chi connectivity index (χ1v) is 6.94. The number of urea groups is 1. The normalized spacial score (nSPS) is 19.9. The van der Waals surface area contributed by atoms with E-state index in [4.69, 9.17) is 9.84 Å². The molecule has 0 aliphatic carbocycles. The van der Waals surface area contributed by atoms with E-state index in [0.29, 0.717) is 32.3 Å². The average molecular weight is 287 g/mol. The standard InChI is InChI=1S/C13H25N3O4/c1-4-11-9-15(6-5-14(11)2)13(19)16(7-8-20-3)10-12(17)18/h11H,4-10H2,1-3H3,(H,17,18). The molecule has 0 radical (unpaired) electrons. The summed E-state index contributed by atoms with van der Waals surface area (Å²) in [6.07, 6.45) is 0.970. The van der Waals surface area contributed by atoms with Crippen LogP contribution in [0.2, 0.25) is 0 Å². The number of amides is 2. The van der Waals surface area contributed by atoms with Gasteiger partial charge in [-0.15, -0.1) is 0 Å². The summed E-state index contributed by atoms with van der Waals surface area (Å²) in [4.78, 5) is 28.6. The number of likely N-dealkylation sites (N-methyl/N-ethyl adjacent to an activating group) is 1. The van der Waals surface area contributed by atoms with Gasteiger partial charge in [-0.2, -0.15) is 0 Å². The number of methoxy groups -OCH3 is 1. The first-order chi connectivity index (χ1) is 9.49. The van der Waals surface area contributed by atoms with Gasteiger partial charge in [0, 0.05) is 39.3 Å². The third-order valence-electron chi connectivity index (χ3n) is 3.68. The summed E-state index contributed by atoms with van der Waals surface area (Å²) in [6, 6.07) is 0.123. The molecule has 0 aromatic rings. The Kier molecular flexibility index (Phi) is 6.74. The molecule has 116 valence electrons. The minimum atomic E-state index is -1.00. The highest BCUT2D eigenvalue weighted by Gasteiger charge is 2.29. The summed E-state index contributed by atoms with van der Waals surface area (Å²) in [6.45, 7) is 4.54. The van der Waals surface area contributed by atoms with Gasteiger partial charge in [0.1, 0.15) is 6.54 Å². The highest BCUT2D eigenvalue weighted by Crippen LogP contribution is 2.12. The molecule has 7 heteroatoms. The number of carboxylic acid groups (broad SMARTS) is 1. The molecule has 20 heavy (non-hydrogen) atoms. The predicted octanol–water partition coefficient (Wildman–Crippen LogP) is 0.165. The molecule has 1 aliphatic rings. The van der Waals surface area contributed by atoms with Crippen molar-refractivity contribution in [3.8, 4) is 0 Å². The van der Waals surface area contributed by atoms with Gasteiger partial charge in [-0.05, 0) is 13.5 Å². The molecule has 1 rings (SSSR count). The van der Waals surface area contributed by atoms with Crippen LogP contribution in [0.15, 0.2) is 0 Å². The molecular weight excluding hydrogens is 262 g/mol. The Hall–Kier alpha value is -1.34. The maximum atomic E-state index is 12.4. The number of piperazine rings is 1. The molecule has 7 nitrogen and oxygen atoms in total. The van der Waals surface area contributed by atoms with E-state index in [0.717, 1.165) is 13.0 Å². The zero-order chi connectivity index (χ0) is 15.1. The second-order valence-electron chi connectivity index (χ2n) is 5.08. The van der Waals surface area contributed by atoms with Crippen molar-refractivity contribution in [1.82, 2.24) is 14.7 Å². The number of aliphatic carboxylic acids is 1. The SMILES string of the molecule is CCC1CN(C(=O)N(CCOC)CC(=O)O)CCN1C. The molecule has 1 N–H and O–H groups in total. The minimum absolute atomic E-state index is 0.212. The van der Waals surface area contributed by atoms with Crippen molar-refractivity contribution in [2.75, 3.05) is 53.5 Å². The molecule has 0 bridgehead atoms. The lowest BCUT2D eigenvalue weighted by Crippen LogP contribution is -2.56. The highest BCUT2D eigenvalue weighted by molar-refractivity contribution is 5.80. The van der Waals surface area contributed by atoms with E-state index in [9.17, 15) is 9.59 Å². The second kappa shape index (κ2) is 8.06. The quantitative estimate of drug-likeness (QED) is 0.753. The van der Waals surface area contributed by atoms with Crippen molar-refractivity contribution in [3.05, 3.63) is 0 Å². The summed E-state index contributed by atoms with van der Waals surface area (Å²) in [5, 5.41) is 8.91. The van der Waals surface area contributed by atoms with Gasteiger partial charge >= 0.3 is 12.0 Å². The second-order valence-corrected chi connectivity index (χ2v) is 5.08. The van der Waals surface area contributed by atoms with E-state index < -0.39 is 5.97 Å². The molecule has 1 heterocycles. The number of hydrogen-bond acceptors (Lipinski definition) is 4. The topological polar surface area (TPSA) is 73.3 Å². The molecule has 0 saturated carbocycles. The van der Waals surface area contributed by atoms with E-state index in [2.05, 4.69) is 18.9 Å². The van der Waals surface area contributed by atoms with Crippen molar-refractivity contribution < 1.29 is 19.4 Å². The number of ether oxygens (including phenoxy) is 1. The summed E-state index contributed by atoms with van der Waals surface area (Å²) in [5.41, 5.74) is 0. The molecule has 1 fully saturated rings. The predicted molar refractivity (Wildman–Crippen MR) is 74.8 cm³/mol. The van der Waals surface area contributed by atoms with Crippen molar-refractivity contribution in [1.29, 1.82) is 0 Å². The fourth-order valence-electron chi connectivity index (χ4n) is 2.37. The first-order valence-electron chi connectivity index (χ1n) is 6.94. The number of carboxylic acids is 1. The number of nitrogens with zero attached hydrogens (tertiary/aromatic N) is 3. The smallest absolute Gasteiger partial charge is 0.323 e. The van der Waals surface area contributed by atoms with Crippen LogP contribution in [0.4, 0.5) is 4.79 Å². The number of carbonyl (C=O) groups is 2. The Bertz CT molecular complexity index is 338. The van der Waals surface area contributed by atoms with Crippen LogP contribution in [0.1, 0.15) is 13.3 Å². The zero-order valence-electron chi connectivity index (χ0n) is 12.5. The number of carbonyl (C=O) groups excluding carboxylic acids is 1. The summed E-state index contributed by atoms with van der Waals surface area (Å²) >= 11 is 0. The van der Waals surface area contributed by atoms with Crippen LogP contribution in [0.25, 0.3) is 0 Å². The molecule has 0 spiro atoms. The van der Waals surface area contributed by atoms with Gasteiger partial charge in [-0.25, -0.2) is 4.79 Å². The largest absolute Gasteiger partial charge is 0.480 e. The van der Waals surface area contributed by atoms with Crippen LogP contribution in [0.3, 0.4) is 0 Å². The molecular formula is C13H25N3O4. The van der Waals surface area contributed by atoms with Crippen molar-refractivity contribution in [2.24, 2.45) is 0 Å². The van der Waals surface area contributed by atoms with Gasteiger partial charge in [0.2, 0.25) is 0 Å². The molecule has 0 aromatic carbocycles. The van der Waals surface area contributed by atoms with Gasteiger partial charge in [0.15, 0.2) is 0 Å². The van der Waals surface area contributed by atoms with E-state index in [1.165, 1.54) is 12.0 Å². The monoisotopic (exact) mass is 287 g/mol. The van der Waals surface area contributed by atoms with Crippen molar-refractivity contribution >= 4 is 12.0 Å². The van der Waals surface area contributed by atoms with E-state index in [1.807, 2.05) is 0 Å². The molecule has 2 amide bonds. The van der Waals surface area contributed by atoms with E-state index in [-0.39, 0.29) is 12.6 Å². The molecule has 1 saturated heterocycles. The van der Waals surface area contributed by atoms with Gasteiger partial charge in [-0.3, -0.25) is 9.69 Å². The molecule has 1 aliphatic heterocycles. The zero-order valence-corrected chi connectivity index (χ0v) is 12.5. The van der Waals surface area contributed by atoms with Gasteiger partial charge in [-0.1, -0.05) is 6.92 Å².